The van der Waals surface area contributed by atoms with Crippen molar-refractivity contribution in [1.29, 1.82) is 0 Å². The predicted molar refractivity (Wildman–Crippen MR) is 244 cm³/mol. The van der Waals surface area contributed by atoms with Crippen molar-refractivity contribution < 1.29 is 0 Å². The lowest BCUT2D eigenvalue weighted by Gasteiger charge is -2.64. The van der Waals surface area contributed by atoms with E-state index in [4.69, 9.17) is 0 Å². The summed E-state index contributed by atoms with van der Waals surface area (Å²) in [5.74, 6) is 3.41. The molecule has 5 aliphatic carbocycles. The predicted octanol–water partition coefficient (Wildman–Crippen LogP) is 14.4. The molecule has 8 aromatic carbocycles. The van der Waals surface area contributed by atoms with Crippen LogP contribution in [-0.4, -0.2) is 9.13 Å². The van der Waals surface area contributed by atoms with Gasteiger partial charge in [-0.05, 0) is 148 Å². The summed E-state index contributed by atoms with van der Waals surface area (Å²) < 4.78 is 5.05. The lowest BCUT2D eigenvalue weighted by atomic mass is 9.38. The van der Waals surface area contributed by atoms with E-state index < -0.39 is 0 Å². The highest BCUT2D eigenvalue weighted by Gasteiger charge is 2.79. The Morgan fingerprint density at radius 2 is 1.10 bits per heavy atom. The van der Waals surface area contributed by atoms with Crippen LogP contribution in [0.2, 0.25) is 0 Å². The van der Waals surface area contributed by atoms with Gasteiger partial charge in [-0.25, -0.2) is 0 Å². The van der Waals surface area contributed by atoms with E-state index in [1.165, 1.54) is 120 Å². The Balaban J connectivity index is 0.942. The second-order valence-electron chi connectivity index (χ2n) is 19.0. The summed E-state index contributed by atoms with van der Waals surface area (Å²) in [6.45, 7) is 0. The van der Waals surface area contributed by atoms with E-state index in [1.807, 2.05) is 0 Å². The van der Waals surface area contributed by atoms with E-state index in [0.717, 1.165) is 23.7 Å². The molecule has 0 amide bonds. The van der Waals surface area contributed by atoms with Gasteiger partial charge in [-0.2, -0.15) is 0 Å². The van der Waals surface area contributed by atoms with E-state index in [9.17, 15) is 0 Å². The van der Waals surface area contributed by atoms with E-state index in [2.05, 4.69) is 179 Å². The molecule has 4 fully saturated rings. The summed E-state index contributed by atoms with van der Waals surface area (Å²) in [5, 5.41) is 7.87. The zero-order valence-corrected chi connectivity index (χ0v) is 32.9. The van der Waals surface area contributed by atoms with Crippen LogP contribution in [0.15, 0.2) is 170 Å². The third-order valence-corrected chi connectivity index (χ3v) is 16.7. The van der Waals surface area contributed by atoms with Crippen molar-refractivity contribution in [2.45, 2.75) is 37.5 Å². The van der Waals surface area contributed by atoms with Gasteiger partial charge in [0.25, 0.3) is 0 Å². The Bertz CT molecular complexity index is 3390. The number of hydrogen-bond donors (Lipinski definition) is 0. The number of hydrogen-bond acceptors (Lipinski definition) is 0. The van der Waals surface area contributed by atoms with Gasteiger partial charge in [-0.15, -0.1) is 0 Å². The second kappa shape index (κ2) is 10.8. The van der Waals surface area contributed by atoms with Gasteiger partial charge in [0.05, 0.1) is 22.1 Å². The Hall–Kier alpha value is -6.38. The SMILES string of the molecule is c1cc(-c2ccc(-n3c4cc5ccccc5cc4c4ccc5c(c43)-c3ccccc3C53C4CC5CC6CC3C4(C5)C6)cc2)cc(-n2c3ccccc3c3ccccc32)c1. The van der Waals surface area contributed by atoms with Crippen molar-refractivity contribution in [3.63, 3.8) is 0 Å². The fourth-order valence-electron chi connectivity index (χ4n) is 15.0. The summed E-state index contributed by atoms with van der Waals surface area (Å²) in [4.78, 5) is 0. The first kappa shape index (κ1) is 31.6. The first-order valence-corrected chi connectivity index (χ1v) is 22.0. The molecular weight excluding hydrogens is 713 g/mol. The number of rotatable bonds is 3. The first-order valence-electron chi connectivity index (χ1n) is 22.0. The minimum absolute atomic E-state index is 0.154. The van der Waals surface area contributed by atoms with Gasteiger partial charge in [0.15, 0.2) is 0 Å². The zero-order chi connectivity index (χ0) is 38.2. The maximum Gasteiger partial charge on any atom is 0.0622 e. The van der Waals surface area contributed by atoms with Crippen molar-refractivity contribution in [3.05, 3.63) is 181 Å². The van der Waals surface area contributed by atoms with Gasteiger partial charge in [0.1, 0.15) is 0 Å². The quantitative estimate of drug-likeness (QED) is 0.170. The van der Waals surface area contributed by atoms with Crippen molar-refractivity contribution in [2.24, 2.45) is 29.1 Å². The molecule has 4 saturated carbocycles. The molecule has 59 heavy (non-hydrogen) atoms. The number of benzene rings is 8. The van der Waals surface area contributed by atoms with Crippen LogP contribution in [0.25, 0.3) is 88.0 Å². The molecule has 4 atom stereocenters. The van der Waals surface area contributed by atoms with E-state index in [1.54, 1.807) is 11.1 Å². The van der Waals surface area contributed by atoms with Crippen LogP contribution in [0, 0.1) is 29.1 Å². The average Bonchev–Trinajstić information content (AvgIpc) is 4.02. The fourth-order valence-corrected chi connectivity index (χ4v) is 15.0. The topological polar surface area (TPSA) is 9.86 Å². The summed E-state index contributed by atoms with van der Waals surface area (Å²) >= 11 is 0. The van der Waals surface area contributed by atoms with Crippen molar-refractivity contribution in [1.82, 2.24) is 9.13 Å². The number of para-hydroxylation sites is 2. The van der Waals surface area contributed by atoms with Crippen molar-refractivity contribution in [2.75, 3.05) is 0 Å². The Labute approximate surface area is 343 Å². The van der Waals surface area contributed by atoms with Crippen LogP contribution in [0.4, 0.5) is 0 Å². The Kier molecular flexibility index (Phi) is 5.79. The molecule has 2 nitrogen and oxygen atoms in total. The number of aromatic nitrogens is 2. The highest BCUT2D eigenvalue weighted by molar-refractivity contribution is 6.18. The van der Waals surface area contributed by atoms with Crippen LogP contribution in [0.1, 0.15) is 43.2 Å². The second-order valence-corrected chi connectivity index (χ2v) is 19.0. The van der Waals surface area contributed by atoms with Gasteiger partial charge >= 0.3 is 0 Å². The van der Waals surface area contributed by atoms with Gasteiger partial charge in [-0.1, -0.05) is 121 Å². The zero-order valence-electron chi connectivity index (χ0n) is 32.9. The maximum atomic E-state index is 2.64. The highest BCUT2D eigenvalue weighted by atomic mass is 15.0. The van der Waals surface area contributed by atoms with Crippen molar-refractivity contribution in [3.8, 4) is 33.6 Å². The smallest absolute Gasteiger partial charge is 0.0622 e. The molecule has 3 bridgehead atoms. The standard InChI is InChI=1S/C57H42N2/c1-2-11-39-31-51-46(30-38(39)10-1)44-24-25-48-54(45-16-3-6-17-47(45)57(48)52-27-34-26-35-28-53(57)56(52,32-34)33-35)55(44)59(51)40-22-20-36(21-23-40)37-12-9-13-41(29-37)58-49-18-7-4-14-42(49)43-15-5-8-19-50(43)58/h1-25,29-31,34-35,52-53H,26-28,32-33H2. The molecule has 0 saturated heterocycles. The fraction of sp³-hybridized carbons (Fsp3) is 0.193. The van der Waals surface area contributed by atoms with E-state index >= 15 is 0 Å². The molecule has 2 heteroatoms. The maximum absolute atomic E-state index is 2.64. The Morgan fingerprint density at radius 1 is 0.424 bits per heavy atom. The van der Waals surface area contributed by atoms with E-state index in [0.29, 0.717) is 5.41 Å². The van der Waals surface area contributed by atoms with Gasteiger partial charge in [-0.3, -0.25) is 0 Å². The molecule has 0 N–H and O–H groups in total. The molecule has 2 spiro atoms. The van der Waals surface area contributed by atoms with Crippen LogP contribution in [0.5, 0.6) is 0 Å². The molecule has 0 radical (unpaired) electrons. The van der Waals surface area contributed by atoms with Crippen molar-refractivity contribution >= 4 is 54.4 Å². The molecule has 10 aromatic rings. The van der Waals surface area contributed by atoms with Crippen LogP contribution in [-0.2, 0) is 5.41 Å². The third-order valence-electron chi connectivity index (χ3n) is 16.7. The van der Waals surface area contributed by atoms with E-state index in [-0.39, 0.29) is 5.41 Å². The summed E-state index contributed by atoms with van der Waals surface area (Å²) in [6.07, 6.45) is 7.31. The highest BCUT2D eigenvalue weighted by Crippen LogP contribution is 2.85. The average molecular weight is 755 g/mol. The lowest BCUT2D eigenvalue weighted by Crippen LogP contribution is -2.62. The first-order chi connectivity index (χ1) is 29.2. The van der Waals surface area contributed by atoms with Gasteiger partial charge in [0, 0.05) is 43.9 Å². The van der Waals surface area contributed by atoms with Crippen LogP contribution >= 0.6 is 0 Å². The molecule has 4 unspecified atom stereocenters. The summed E-state index contributed by atoms with van der Waals surface area (Å²) in [6, 6.07) is 64.7. The largest absolute Gasteiger partial charge is 0.309 e. The monoisotopic (exact) mass is 754 g/mol. The number of fused-ring (bicyclic) bond motifs is 17. The molecule has 280 valence electrons. The molecule has 5 aliphatic rings. The molecule has 15 rings (SSSR count). The molecular formula is C57H42N2. The summed E-state index contributed by atoms with van der Waals surface area (Å²) in [7, 11) is 0. The van der Waals surface area contributed by atoms with Gasteiger partial charge in [0.2, 0.25) is 0 Å². The molecule has 2 heterocycles. The third kappa shape index (κ3) is 3.73. The number of nitrogens with zero attached hydrogens (tertiary/aromatic N) is 2. The lowest BCUT2D eigenvalue weighted by molar-refractivity contribution is -0.0820. The summed E-state index contributed by atoms with van der Waals surface area (Å²) in [5.41, 5.74) is 17.0. The minimum atomic E-state index is 0.154. The minimum Gasteiger partial charge on any atom is -0.309 e. The Morgan fingerprint density at radius 3 is 1.86 bits per heavy atom. The van der Waals surface area contributed by atoms with Crippen LogP contribution in [0.3, 0.4) is 0 Å². The van der Waals surface area contributed by atoms with Crippen LogP contribution < -0.4 is 0 Å². The molecule has 2 aromatic heterocycles. The molecule has 0 aliphatic heterocycles. The van der Waals surface area contributed by atoms with Gasteiger partial charge < -0.3 is 9.13 Å². The normalized spacial score (nSPS) is 25.8.